The summed E-state index contributed by atoms with van der Waals surface area (Å²) in [5, 5.41) is 0. The molecule has 0 aromatic heterocycles. The maximum Gasteiger partial charge on any atom is -0.0251 e. The monoisotopic (exact) mass is 182 g/mol. The molecule has 0 amide bonds. The molecule has 78 valence electrons. The minimum Gasteiger partial charge on any atom is -0.0625 e. The highest BCUT2D eigenvalue weighted by molar-refractivity contribution is 4.93. The van der Waals surface area contributed by atoms with Crippen LogP contribution in [0.1, 0.15) is 60.8 Å². The Morgan fingerprint density at radius 3 is 2.08 bits per heavy atom. The summed E-state index contributed by atoms with van der Waals surface area (Å²) in [6, 6.07) is 0. The van der Waals surface area contributed by atoms with E-state index in [9.17, 15) is 0 Å². The summed E-state index contributed by atoms with van der Waals surface area (Å²) in [6.45, 7) is 14.5. The van der Waals surface area contributed by atoms with Crippen LogP contribution in [0.3, 0.4) is 0 Å². The molecule has 1 aliphatic rings. The first-order valence-electron chi connectivity index (χ1n) is 5.77. The van der Waals surface area contributed by atoms with Crippen molar-refractivity contribution in [2.75, 3.05) is 0 Å². The van der Waals surface area contributed by atoms with Gasteiger partial charge in [-0.15, -0.1) is 0 Å². The fraction of sp³-hybridized carbons (Fsp3) is 1.00. The molecule has 0 bridgehead atoms. The number of hydrogen-bond acceptors (Lipinski definition) is 0. The lowest BCUT2D eigenvalue weighted by Crippen LogP contribution is -2.42. The first-order valence-corrected chi connectivity index (χ1v) is 5.77. The lowest BCUT2D eigenvalue weighted by Gasteiger charge is -2.51. The van der Waals surface area contributed by atoms with Gasteiger partial charge in [-0.1, -0.05) is 48.0 Å². The molecule has 0 N–H and O–H groups in total. The van der Waals surface area contributed by atoms with Crippen molar-refractivity contribution in [3.63, 3.8) is 0 Å². The Bertz CT molecular complexity index is 175. The van der Waals surface area contributed by atoms with Crippen LogP contribution in [0.25, 0.3) is 0 Å². The highest BCUT2D eigenvalue weighted by atomic mass is 14.5. The molecule has 0 heteroatoms. The topological polar surface area (TPSA) is 0 Å². The highest BCUT2D eigenvalue weighted by Crippen LogP contribution is 2.53. The molecular weight excluding hydrogens is 156 g/mol. The zero-order chi connectivity index (χ0) is 10.3. The lowest BCUT2D eigenvalue weighted by molar-refractivity contribution is -0.0104. The van der Waals surface area contributed by atoms with Gasteiger partial charge in [0.2, 0.25) is 0 Å². The Labute approximate surface area is 84.1 Å². The van der Waals surface area contributed by atoms with Gasteiger partial charge in [-0.05, 0) is 35.5 Å². The van der Waals surface area contributed by atoms with Crippen LogP contribution in [-0.4, -0.2) is 0 Å². The molecule has 2 unspecified atom stereocenters. The number of hydrogen-bond donors (Lipinski definition) is 0. The first-order chi connectivity index (χ1) is 5.77. The molecule has 0 aliphatic heterocycles. The third kappa shape index (κ3) is 1.92. The van der Waals surface area contributed by atoms with Crippen LogP contribution < -0.4 is 0 Å². The molecule has 1 rings (SSSR count). The molecule has 0 spiro atoms. The normalized spacial score (nSPS) is 42.0. The summed E-state index contributed by atoms with van der Waals surface area (Å²) >= 11 is 0. The van der Waals surface area contributed by atoms with Crippen LogP contribution >= 0.6 is 0 Å². The van der Waals surface area contributed by atoms with E-state index in [1.54, 1.807) is 0 Å². The molecule has 3 atom stereocenters. The van der Waals surface area contributed by atoms with Gasteiger partial charge >= 0.3 is 0 Å². The highest BCUT2D eigenvalue weighted by Gasteiger charge is 2.44. The molecule has 13 heavy (non-hydrogen) atoms. The number of rotatable bonds is 0. The van der Waals surface area contributed by atoms with E-state index in [0.717, 1.165) is 11.8 Å². The lowest BCUT2D eigenvalue weighted by atomic mass is 9.54. The van der Waals surface area contributed by atoms with Gasteiger partial charge in [0.15, 0.2) is 0 Å². The van der Waals surface area contributed by atoms with Crippen molar-refractivity contribution in [1.82, 2.24) is 0 Å². The predicted octanol–water partition coefficient (Wildman–Crippen LogP) is 4.49. The zero-order valence-electron chi connectivity index (χ0n) is 10.3. The quantitative estimate of drug-likeness (QED) is 0.517. The molecule has 1 saturated carbocycles. The standard InChI is InChI=1S/C13H26/c1-10-7-8-13(6,11(2)9-10)12(3,4)5/h10-11H,7-9H2,1-6H3/t10?,11-,13?/m0/s1. The second-order valence-electron chi connectivity index (χ2n) is 6.45. The van der Waals surface area contributed by atoms with Gasteiger partial charge in [-0.25, -0.2) is 0 Å². The smallest absolute Gasteiger partial charge is 0.0251 e. The SMILES string of the molecule is CC1CCC(C)(C(C)(C)C)[C@@H](C)C1. The predicted molar refractivity (Wildman–Crippen MR) is 59.7 cm³/mol. The molecule has 0 nitrogen and oxygen atoms in total. The van der Waals surface area contributed by atoms with Gasteiger partial charge in [-0.2, -0.15) is 0 Å². The van der Waals surface area contributed by atoms with E-state index in [1.165, 1.54) is 19.3 Å². The average Bonchev–Trinajstić information content (AvgIpc) is 1.95. The Hall–Kier alpha value is 0. The van der Waals surface area contributed by atoms with Gasteiger partial charge in [0.05, 0.1) is 0 Å². The fourth-order valence-corrected chi connectivity index (χ4v) is 2.89. The van der Waals surface area contributed by atoms with Gasteiger partial charge in [0, 0.05) is 0 Å². The Morgan fingerprint density at radius 1 is 1.15 bits per heavy atom. The Balaban J connectivity index is 2.79. The molecule has 0 heterocycles. The van der Waals surface area contributed by atoms with E-state index in [1.807, 2.05) is 0 Å². The van der Waals surface area contributed by atoms with Crippen molar-refractivity contribution >= 4 is 0 Å². The summed E-state index contributed by atoms with van der Waals surface area (Å²) in [4.78, 5) is 0. The van der Waals surface area contributed by atoms with Crippen LogP contribution in [0.5, 0.6) is 0 Å². The van der Waals surface area contributed by atoms with Crippen molar-refractivity contribution in [3.05, 3.63) is 0 Å². The summed E-state index contributed by atoms with van der Waals surface area (Å²) in [5.41, 5.74) is 1.02. The maximum atomic E-state index is 2.49. The average molecular weight is 182 g/mol. The molecule has 0 radical (unpaired) electrons. The van der Waals surface area contributed by atoms with E-state index in [0.29, 0.717) is 10.8 Å². The second kappa shape index (κ2) is 3.29. The Kier molecular flexibility index (Phi) is 2.81. The van der Waals surface area contributed by atoms with E-state index >= 15 is 0 Å². The largest absolute Gasteiger partial charge is 0.0625 e. The first kappa shape index (κ1) is 11.1. The van der Waals surface area contributed by atoms with Crippen molar-refractivity contribution in [2.45, 2.75) is 60.8 Å². The Morgan fingerprint density at radius 2 is 1.69 bits per heavy atom. The molecule has 1 aliphatic carbocycles. The molecule has 0 aromatic rings. The van der Waals surface area contributed by atoms with Gasteiger partial charge in [0.25, 0.3) is 0 Å². The summed E-state index contributed by atoms with van der Waals surface area (Å²) in [6.07, 6.45) is 4.27. The third-order valence-electron chi connectivity index (χ3n) is 4.71. The zero-order valence-corrected chi connectivity index (χ0v) is 10.3. The minimum atomic E-state index is 0.465. The van der Waals surface area contributed by atoms with Gasteiger partial charge in [0.1, 0.15) is 0 Å². The van der Waals surface area contributed by atoms with E-state index in [2.05, 4.69) is 41.5 Å². The minimum absolute atomic E-state index is 0.465. The summed E-state index contributed by atoms with van der Waals surface area (Å²) < 4.78 is 0. The molecule has 0 saturated heterocycles. The van der Waals surface area contributed by atoms with Gasteiger partial charge < -0.3 is 0 Å². The van der Waals surface area contributed by atoms with Crippen LogP contribution in [0, 0.1) is 22.7 Å². The summed E-state index contributed by atoms with van der Waals surface area (Å²) in [7, 11) is 0. The van der Waals surface area contributed by atoms with Crippen LogP contribution in [0.4, 0.5) is 0 Å². The fourth-order valence-electron chi connectivity index (χ4n) is 2.89. The van der Waals surface area contributed by atoms with Gasteiger partial charge in [-0.3, -0.25) is 0 Å². The maximum absolute atomic E-state index is 2.49. The van der Waals surface area contributed by atoms with Crippen molar-refractivity contribution < 1.29 is 0 Å². The third-order valence-corrected chi connectivity index (χ3v) is 4.71. The molecular formula is C13H26. The van der Waals surface area contributed by atoms with Crippen molar-refractivity contribution in [3.8, 4) is 0 Å². The molecule has 0 aromatic carbocycles. The second-order valence-corrected chi connectivity index (χ2v) is 6.45. The van der Waals surface area contributed by atoms with Crippen LogP contribution in [0.15, 0.2) is 0 Å². The summed E-state index contributed by atoms with van der Waals surface area (Å²) in [5.74, 6) is 1.83. The van der Waals surface area contributed by atoms with Crippen LogP contribution in [0.2, 0.25) is 0 Å². The van der Waals surface area contributed by atoms with Crippen LogP contribution in [-0.2, 0) is 0 Å². The van der Waals surface area contributed by atoms with E-state index < -0.39 is 0 Å². The van der Waals surface area contributed by atoms with E-state index in [-0.39, 0.29) is 0 Å². The van der Waals surface area contributed by atoms with Crippen molar-refractivity contribution in [2.24, 2.45) is 22.7 Å². The molecule has 1 fully saturated rings. The van der Waals surface area contributed by atoms with Crippen molar-refractivity contribution in [1.29, 1.82) is 0 Å². The van der Waals surface area contributed by atoms with E-state index in [4.69, 9.17) is 0 Å².